The molecule has 4 N–H and O–H groups in total. The number of nitrogens with zero attached hydrogens (tertiary/aromatic N) is 2. The van der Waals surface area contributed by atoms with Gasteiger partial charge in [-0.05, 0) is 159 Å². The molecule has 0 aliphatic carbocycles. The van der Waals surface area contributed by atoms with Crippen LogP contribution in [0.15, 0.2) is 58.5 Å². The molecule has 69 heavy (non-hydrogen) atoms. The normalized spacial score (nSPS) is 11.3. The summed E-state index contributed by atoms with van der Waals surface area (Å²) < 4.78 is 0. The SMILES string of the molecule is CCCCCCCCC(=Nc1ccc(CCC)c(CCC)c1)C(CCCC)=Nc1ccc(CCC)c(CCC)c1.CCc1c(C)cc(O)c([O-])c1C(=O)O.CCc1c(C)cc(O)c([O-])c1C(=O)O.[Ni+2]. The molecular formula is C58H82N2NiO8. The second kappa shape index (κ2) is 33.4. The topological polar surface area (TPSA) is 186 Å². The third kappa shape index (κ3) is 19.6. The predicted molar refractivity (Wildman–Crippen MR) is 278 cm³/mol. The Balaban J connectivity index is 0.000000663. The standard InChI is InChI=1S/C38H60N2.2C10H12O4.Ni/c1-7-13-15-16-17-18-24-38(40-36-28-26-32(20-10-4)34(30-36)22-12-6)37(23-14-8-2)39-35-27-25-31(19-9-3)33(29-35)21-11-5;2*1-3-6-5(2)4-7(11)9(12)8(6)10(13)14;/h25-30H,7-24H2,1-6H3;2*4,11-12H,3H2,1-2H3,(H,13,14);/q;;;+2/p-2. The smallest absolute Gasteiger partial charge is 0.869 e. The molecule has 0 saturated carbocycles. The molecule has 0 spiro atoms. The van der Waals surface area contributed by atoms with Crippen LogP contribution in [0.4, 0.5) is 11.4 Å². The molecule has 0 amide bonds. The van der Waals surface area contributed by atoms with Crippen LogP contribution in [0.5, 0.6) is 23.0 Å². The van der Waals surface area contributed by atoms with Crippen LogP contribution in [0, 0.1) is 13.8 Å². The number of carbonyl (C=O) groups is 2. The molecule has 0 atom stereocenters. The molecule has 0 unspecified atom stereocenters. The molecule has 0 heterocycles. The van der Waals surface area contributed by atoms with Gasteiger partial charge in [-0.1, -0.05) is 143 Å². The van der Waals surface area contributed by atoms with Crippen LogP contribution in [0.3, 0.4) is 0 Å². The maximum atomic E-state index is 11.3. The number of phenols is 2. The van der Waals surface area contributed by atoms with E-state index in [-0.39, 0.29) is 27.6 Å². The number of benzene rings is 4. The number of hydrogen-bond acceptors (Lipinski definition) is 8. The first-order valence-corrected chi connectivity index (χ1v) is 25.5. The van der Waals surface area contributed by atoms with Crippen LogP contribution in [-0.4, -0.2) is 43.8 Å². The number of carboxylic acid groups (broad SMARTS) is 2. The zero-order valence-corrected chi connectivity index (χ0v) is 44.4. The number of aryl methyl sites for hydroxylation is 6. The molecule has 4 aromatic carbocycles. The fraction of sp³-hybridized carbons (Fsp3) is 0.517. The van der Waals surface area contributed by atoms with Crippen LogP contribution < -0.4 is 10.2 Å². The molecule has 0 saturated heterocycles. The van der Waals surface area contributed by atoms with Crippen molar-refractivity contribution in [3.05, 3.63) is 104 Å². The Bertz CT molecular complexity index is 2210. The molecule has 4 rings (SSSR count). The average molecular weight is 994 g/mol. The van der Waals surface area contributed by atoms with Crippen molar-refractivity contribution in [3.8, 4) is 23.0 Å². The molecule has 0 bridgehead atoms. The second-order valence-electron chi connectivity index (χ2n) is 17.8. The third-order valence-corrected chi connectivity index (χ3v) is 12.2. The first-order valence-electron chi connectivity index (χ1n) is 25.5. The zero-order chi connectivity index (χ0) is 50.8. The summed E-state index contributed by atoms with van der Waals surface area (Å²) in [6.07, 6.45) is 22.4. The molecular weight excluding hydrogens is 911 g/mol. The fourth-order valence-electron chi connectivity index (χ4n) is 8.66. The van der Waals surface area contributed by atoms with Crippen LogP contribution in [0.2, 0.25) is 0 Å². The fourth-order valence-corrected chi connectivity index (χ4v) is 8.66. The van der Waals surface area contributed by atoms with Gasteiger partial charge in [0.15, 0.2) is 0 Å². The van der Waals surface area contributed by atoms with E-state index in [2.05, 4.69) is 77.9 Å². The Morgan fingerprint density at radius 1 is 0.478 bits per heavy atom. The minimum absolute atomic E-state index is 0. The van der Waals surface area contributed by atoms with Gasteiger partial charge in [-0.15, -0.1) is 0 Å². The summed E-state index contributed by atoms with van der Waals surface area (Å²) in [5.41, 5.74) is 12.2. The van der Waals surface area contributed by atoms with E-state index in [4.69, 9.17) is 20.2 Å². The van der Waals surface area contributed by atoms with Crippen LogP contribution in [-0.2, 0) is 55.0 Å². The number of phenolic OH excluding ortho intramolecular Hbond substituents is 2. The quantitative estimate of drug-likeness (QED) is 0.0287. The predicted octanol–water partition coefficient (Wildman–Crippen LogP) is 14.3. The van der Waals surface area contributed by atoms with Crippen molar-refractivity contribution < 1.29 is 56.7 Å². The summed E-state index contributed by atoms with van der Waals surface area (Å²) in [4.78, 5) is 32.3. The van der Waals surface area contributed by atoms with Gasteiger partial charge in [0.05, 0.1) is 33.9 Å². The Kier molecular flexibility index (Phi) is 29.9. The number of aromatic carboxylic acids is 2. The number of aromatic hydroxyl groups is 2. The molecule has 0 radical (unpaired) electrons. The molecule has 10 nitrogen and oxygen atoms in total. The number of rotatable bonds is 25. The second-order valence-corrected chi connectivity index (χ2v) is 17.8. The van der Waals surface area contributed by atoms with Crippen LogP contribution in [0.1, 0.15) is 211 Å². The van der Waals surface area contributed by atoms with E-state index in [1.54, 1.807) is 27.7 Å². The van der Waals surface area contributed by atoms with Gasteiger partial charge in [-0.25, -0.2) is 9.59 Å². The van der Waals surface area contributed by atoms with Crippen LogP contribution >= 0.6 is 0 Å². The van der Waals surface area contributed by atoms with Gasteiger partial charge in [0.1, 0.15) is 11.5 Å². The molecule has 0 aliphatic heterocycles. The first-order chi connectivity index (χ1) is 32.6. The number of unbranched alkanes of at least 4 members (excludes halogenated alkanes) is 6. The molecule has 0 aromatic heterocycles. The summed E-state index contributed by atoms with van der Waals surface area (Å²) in [6.45, 7) is 20.6. The number of hydrogen-bond donors (Lipinski definition) is 4. The summed E-state index contributed by atoms with van der Waals surface area (Å²) in [5.74, 6) is -5.19. The van der Waals surface area contributed by atoms with Gasteiger partial charge in [0, 0.05) is 0 Å². The minimum Gasteiger partial charge on any atom is -0.869 e. The molecule has 11 heteroatoms. The summed E-state index contributed by atoms with van der Waals surface area (Å²) >= 11 is 0. The summed E-state index contributed by atoms with van der Waals surface area (Å²) in [6, 6.07) is 16.5. The van der Waals surface area contributed by atoms with Gasteiger partial charge in [-0.3, -0.25) is 9.98 Å². The third-order valence-electron chi connectivity index (χ3n) is 12.2. The Labute approximate surface area is 424 Å². The number of aliphatic imine (C=N–C) groups is 2. The van der Waals surface area contributed by atoms with E-state index in [1.165, 1.54) is 116 Å². The van der Waals surface area contributed by atoms with Crippen molar-refractivity contribution >= 4 is 34.7 Å². The van der Waals surface area contributed by atoms with Gasteiger partial charge in [-0.2, -0.15) is 0 Å². The van der Waals surface area contributed by atoms with E-state index in [0.717, 1.165) is 56.3 Å². The summed E-state index contributed by atoms with van der Waals surface area (Å²) in [5, 5.41) is 58.6. The Morgan fingerprint density at radius 2 is 0.826 bits per heavy atom. The van der Waals surface area contributed by atoms with Crippen molar-refractivity contribution in [2.24, 2.45) is 9.98 Å². The van der Waals surface area contributed by atoms with E-state index in [1.807, 2.05) is 0 Å². The Hall–Kier alpha value is -5.15. The Morgan fingerprint density at radius 3 is 1.17 bits per heavy atom. The van der Waals surface area contributed by atoms with Crippen molar-refractivity contribution in [2.45, 2.75) is 198 Å². The van der Waals surface area contributed by atoms with E-state index in [0.29, 0.717) is 35.1 Å². The number of carboxylic acids is 2. The molecule has 0 aliphatic rings. The molecule has 382 valence electrons. The van der Waals surface area contributed by atoms with Crippen LogP contribution in [0.25, 0.3) is 0 Å². The maximum absolute atomic E-state index is 11.3. The van der Waals surface area contributed by atoms with E-state index >= 15 is 0 Å². The van der Waals surface area contributed by atoms with Gasteiger partial charge in [0.2, 0.25) is 0 Å². The minimum atomic E-state index is -1.29. The average Bonchev–Trinajstić information content (AvgIpc) is 3.30. The molecule has 0 fully saturated rings. The van der Waals surface area contributed by atoms with Gasteiger partial charge >= 0.3 is 28.4 Å². The van der Waals surface area contributed by atoms with Crippen molar-refractivity contribution in [1.82, 2.24) is 0 Å². The zero-order valence-electron chi connectivity index (χ0n) is 43.4. The van der Waals surface area contributed by atoms with E-state index in [9.17, 15) is 30.0 Å². The van der Waals surface area contributed by atoms with Crippen molar-refractivity contribution in [1.29, 1.82) is 0 Å². The summed E-state index contributed by atoms with van der Waals surface area (Å²) in [7, 11) is 0. The largest absolute Gasteiger partial charge is 2.00 e. The van der Waals surface area contributed by atoms with Crippen molar-refractivity contribution in [2.75, 3.05) is 0 Å². The maximum Gasteiger partial charge on any atom is 2.00 e. The van der Waals surface area contributed by atoms with E-state index < -0.39 is 34.9 Å². The molecule has 4 aromatic rings. The monoisotopic (exact) mass is 993 g/mol. The first kappa shape index (κ1) is 61.9. The van der Waals surface area contributed by atoms with Gasteiger partial charge < -0.3 is 30.6 Å². The van der Waals surface area contributed by atoms with Gasteiger partial charge in [0.25, 0.3) is 0 Å². The van der Waals surface area contributed by atoms with Crippen molar-refractivity contribution in [3.63, 3.8) is 0 Å².